The molecule has 0 aromatic heterocycles. The summed E-state index contributed by atoms with van der Waals surface area (Å²) in [7, 11) is -2.56. The molecule has 2 aromatic rings. The summed E-state index contributed by atoms with van der Waals surface area (Å²) in [5.74, 6) is 5.91. The van der Waals surface area contributed by atoms with Gasteiger partial charge in [0.2, 0.25) is 0 Å². The summed E-state index contributed by atoms with van der Waals surface area (Å²) in [5, 5.41) is 13.2. The van der Waals surface area contributed by atoms with Crippen molar-refractivity contribution < 1.29 is 9.53 Å². The molecule has 28 heavy (non-hydrogen) atoms. The number of hydrogen-bond acceptors (Lipinski definition) is 2. The van der Waals surface area contributed by atoms with Crippen LogP contribution in [0.3, 0.4) is 0 Å². The Bertz CT molecular complexity index is 745. The van der Waals surface area contributed by atoms with Crippen LogP contribution in [0.1, 0.15) is 41.5 Å². The van der Waals surface area contributed by atoms with Crippen molar-refractivity contribution in [3.63, 3.8) is 0 Å². The van der Waals surface area contributed by atoms with Gasteiger partial charge in [0, 0.05) is 18.4 Å². The molecule has 0 amide bonds. The van der Waals surface area contributed by atoms with Crippen molar-refractivity contribution in [2.75, 3.05) is 6.61 Å². The van der Waals surface area contributed by atoms with Gasteiger partial charge in [0.15, 0.2) is 0 Å². The van der Waals surface area contributed by atoms with Gasteiger partial charge in [0.25, 0.3) is 8.32 Å². The highest BCUT2D eigenvalue weighted by Crippen LogP contribution is 2.37. The highest BCUT2D eigenvalue weighted by Gasteiger charge is 2.50. The molecular weight excluding hydrogens is 360 g/mol. The maximum Gasteiger partial charge on any atom is 0.261 e. The summed E-state index contributed by atoms with van der Waals surface area (Å²) >= 11 is 0. The zero-order valence-corrected chi connectivity index (χ0v) is 19.1. The predicted octanol–water partition coefficient (Wildman–Crippen LogP) is 4.22. The average molecular weight is 395 g/mol. The van der Waals surface area contributed by atoms with E-state index in [2.05, 4.69) is 88.1 Å². The molecule has 0 unspecified atom stereocenters. The zero-order chi connectivity index (χ0) is 20.8. The first kappa shape index (κ1) is 22.4. The van der Waals surface area contributed by atoms with Crippen LogP contribution in [0.25, 0.3) is 0 Å². The minimum absolute atomic E-state index is 0.00232. The van der Waals surface area contributed by atoms with Crippen LogP contribution in [-0.2, 0) is 4.43 Å². The van der Waals surface area contributed by atoms with Crippen molar-refractivity contribution in [3.8, 4) is 11.8 Å². The van der Waals surface area contributed by atoms with Gasteiger partial charge in [-0.3, -0.25) is 0 Å². The molecule has 0 aliphatic carbocycles. The molecule has 0 saturated carbocycles. The molecule has 0 saturated heterocycles. The van der Waals surface area contributed by atoms with Gasteiger partial charge in [0.05, 0.1) is 6.10 Å². The number of aliphatic hydroxyl groups excluding tert-OH is 1. The molecule has 2 rings (SSSR count). The normalized spacial score (nSPS) is 15.2. The van der Waals surface area contributed by atoms with Crippen LogP contribution in [0.15, 0.2) is 60.7 Å². The third-order valence-corrected chi connectivity index (χ3v) is 10.5. The molecule has 0 heterocycles. The first-order valence-corrected chi connectivity index (χ1v) is 12.0. The second-order valence-corrected chi connectivity index (χ2v) is 12.9. The molecule has 2 nitrogen and oxygen atoms in total. The molecule has 150 valence electrons. The van der Waals surface area contributed by atoms with Crippen LogP contribution in [0.2, 0.25) is 5.04 Å². The second-order valence-electron chi connectivity index (χ2n) is 8.63. The van der Waals surface area contributed by atoms with Crippen LogP contribution in [0.5, 0.6) is 0 Å². The topological polar surface area (TPSA) is 29.5 Å². The molecule has 3 atom stereocenters. The van der Waals surface area contributed by atoms with E-state index in [4.69, 9.17) is 4.43 Å². The summed E-state index contributed by atoms with van der Waals surface area (Å²) < 4.78 is 6.91. The molecule has 0 radical (unpaired) electrons. The molecule has 3 heteroatoms. The lowest BCUT2D eigenvalue weighted by atomic mass is 9.94. The number of hydrogen-bond donors (Lipinski definition) is 1. The first-order chi connectivity index (χ1) is 13.2. The molecular formula is C25H34O2Si. The minimum atomic E-state index is -2.56. The van der Waals surface area contributed by atoms with Gasteiger partial charge in [0.1, 0.15) is 0 Å². The standard InChI is InChI=1S/C25H34O2Si/c1-7-14-20(2)24(26)21(3)19-27-28(25(4,5)6,22-15-10-8-11-16-22)23-17-12-9-13-18-23/h8-13,15-18,20-21,24,26H,19H2,1-6H3/t20-,21+,24+/m1/s1. The van der Waals surface area contributed by atoms with Crippen LogP contribution in [0.4, 0.5) is 0 Å². The molecule has 1 N–H and O–H groups in total. The van der Waals surface area contributed by atoms with E-state index >= 15 is 0 Å². The summed E-state index contributed by atoms with van der Waals surface area (Å²) in [5.41, 5.74) is 0. The van der Waals surface area contributed by atoms with Crippen molar-refractivity contribution in [3.05, 3.63) is 60.7 Å². The van der Waals surface area contributed by atoms with E-state index in [1.807, 2.05) is 26.0 Å². The van der Waals surface area contributed by atoms with Gasteiger partial charge in [-0.1, -0.05) is 94.3 Å². The lowest BCUT2D eigenvalue weighted by Gasteiger charge is -2.44. The Balaban J connectivity index is 2.46. The summed E-state index contributed by atoms with van der Waals surface area (Å²) in [6, 6.07) is 21.2. The van der Waals surface area contributed by atoms with Gasteiger partial charge < -0.3 is 9.53 Å². The van der Waals surface area contributed by atoms with Crippen molar-refractivity contribution in [1.82, 2.24) is 0 Å². The van der Waals surface area contributed by atoms with Crippen LogP contribution in [0, 0.1) is 23.7 Å². The van der Waals surface area contributed by atoms with Crippen molar-refractivity contribution in [2.24, 2.45) is 11.8 Å². The van der Waals surface area contributed by atoms with E-state index in [1.165, 1.54) is 10.4 Å². The van der Waals surface area contributed by atoms with Crippen LogP contribution < -0.4 is 10.4 Å². The lowest BCUT2D eigenvalue weighted by Crippen LogP contribution is -2.67. The van der Waals surface area contributed by atoms with Gasteiger partial charge in [-0.2, -0.15) is 0 Å². The Morgan fingerprint density at radius 3 is 1.79 bits per heavy atom. The Morgan fingerprint density at radius 1 is 0.929 bits per heavy atom. The highest BCUT2D eigenvalue weighted by molar-refractivity contribution is 6.99. The SMILES string of the molecule is CC#C[C@@H](C)[C@H](O)[C@@H](C)CO[Si](c1ccccc1)(c1ccccc1)C(C)(C)C. The predicted molar refractivity (Wildman–Crippen MR) is 121 cm³/mol. The number of rotatable bonds is 7. The molecule has 0 aliphatic rings. The van der Waals surface area contributed by atoms with Crippen molar-refractivity contribution in [2.45, 2.75) is 52.7 Å². The van der Waals surface area contributed by atoms with E-state index in [9.17, 15) is 5.11 Å². The lowest BCUT2D eigenvalue weighted by molar-refractivity contribution is 0.0576. The third kappa shape index (κ3) is 4.75. The fraction of sp³-hybridized carbons (Fsp3) is 0.440. The molecule has 0 spiro atoms. The smallest absolute Gasteiger partial charge is 0.261 e. The minimum Gasteiger partial charge on any atom is -0.407 e. The zero-order valence-electron chi connectivity index (χ0n) is 18.1. The van der Waals surface area contributed by atoms with E-state index in [0.29, 0.717) is 6.61 Å². The number of aliphatic hydroxyl groups is 1. The van der Waals surface area contributed by atoms with Gasteiger partial charge in [-0.15, -0.1) is 5.92 Å². The summed E-state index contributed by atoms with van der Waals surface area (Å²) in [4.78, 5) is 0. The Kier molecular flexibility index (Phi) is 7.66. The quantitative estimate of drug-likeness (QED) is 0.563. The van der Waals surface area contributed by atoms with Crippen LogP contribution >= 0.6 is 0 Å². The van der Waals surface area contributed by atoms with E-state index in [0.717, 1.165) is 0 Å². The highest BCUT2D eigenvalue weighted by atomic mass is 28.4. The van der Waals surface area contributed by atoms with E-state index in [-0.39, 0.29) is 16.9 Å². The summed E-state index contributed by atoms with van der Waals surface area (Å²) in [6.07, 6.45) is -0.509. The molecule has 0 fully saturated rings. The van der Waals surface area contributed by atoms with Gasteiger partial charge in [-0.25, -0.2) is 0 Å². The fourth-order valence-corrected chi connectivity index (χ4v) is 8.59. The Hall–Kier alpha value is -1.86. The third-order valence-electron chi connectivity index (χ3n) is 5.45. The van der Waals surface area contributed by atoms with Crippen molar-refractivity contribution >= 4 is 18.7 Å². The Morgan fingerprint density at radius 2 is 1.39 bits per heavy atom. The average Bonchev–Trinajstić information content (AvgIpc) is 2.68. The second kappa shape index (κ2) is 9.56. The van der Waals surface area contributed by atoms with Crippen LogP contribution in [-0.4, -0.2) is 26.1 Å². The van der Waals surface area contributed by atoms with E-state index in [1.54, 1.807) is 0 Å². The number of benzene rings is 2. The maximum absolute atomic E-state index is 10.7. The fourth-order valence-electron chi connectivity index (χ4n) is 3.92. The Labute approximate surface area is 172 Å². The monoisotopic (exact) mass is 394 g/mol. The molecule has 0 aliphatic heterocycles. The van der Waals surface area contributed by atoms with Gasteiger partial charge >= 0.3 is 0 Å². The van der Waals surface area contributed by atoms with Gasteiger partial charge in [-0.05, 0) is 29.3 Å². The first-order valence-electron chi connectivity index (χ1n) is 10.1. The van der Waals surface area contributed by atoms with Crippen molar-refractivity contribution in [1.29, 1.82) is 0 Å². The van der Waals surface area contributed by atoms with E-state index < -0.39 is 14.4 Å². The largest absolute Gasteiger partial charge is 0.407 e. The molecule has 0 bridgehead atoms. The summed E-state index contributed by atoms with van der Waals surface area (Å²) in [6.45, 7) is 13.1. The molecule has 2 aromatic carbocycles. The maximum atomic E-state index is 10.7.